The quantitative estimate of drug-likeness (QED) is 0.583. The van der Waals surface area contributed by atoms with Gasteiger partial charge < -0.3 is 11.5 Å². The number of benzene rings is 1. The molecule has 5 nitrogen and oxygen atoms in total. The number of imide groups is 1. The van der Waals surface area contributed by atoms with E-state index in [0.29, 0.717) is 5.69 Å². The van der Waals surface area contributed by atoms with E-state index in [1.165, 1.54) is 11.8 Å². The molecule has 1 unspecified atom stereocenters. The summed E-state index contributed by atoms with van der Waals surface area (Å²) < 4.78 is 0.869. The van der Waals surface area contributed by atoms with Crippen molar-refractivity contribution in [1.29, 1.82) is 0 Å². The highest BCUT2D eigenvalue weighted by Crippen LogP contribution is 2.30. The van der Waals surface area contributed by atoms with Crippen molar-refractivity contribution in [3.63, 3.8) is 0 Å². The highest BCUT2D eigenvalue weighted by molar-refractivity contribution is 9.10. The summed E-state index contributed by atoms with van der Waals surface area (Å²) in [7, 11) is 0. The summed E-state index contributed by atoms with van der Waals surface area (Å²) in [6.45, 7) is 1.67. The standard InChI is InChI=1S/C10H12BrN3O2S/c1-5(9(15)14-10(13)16)17-8-3-2-6(11)4-7(8)12/h2-5H,12H2,1H3,(H3,13,14,15,16). The molecular formula is C10H12BrN3O2S. The Hall–Kier alpha value is -1.21. The maximum absolute atomic E-state index is 11.5. The summed E-state index contributed by atoms with van der Waals surface area (Å²) >= 11 is 4.56. The summed E-state index contributed by atoms with van der Waals surface area (Å²) in [6, 6.07) is 4.53. The Kier molecular flexibility index (Phi) is 4.83. The number of hydrogen-bond donors (Lipinski definition) is 3. The van der Waals surface area contributed by atoms with Gasteiger partial charge in [-0.15, -0.1) is 11.8 Å². The summed E-state index contributed by atoms with van der Waals surface area (Å²) in [4.78, 5) is 22.8. The van der Waals surface area contributed by atoms with Crippen LogP contribution in [0.15, 0.2) is 27.6 Å². The third kappa shape index (κ3) is 4.27. The molecule has 0 aliphatic rings. The molecular weight excluding hydrogens is 306 g/mol. The van der Waals surface area contributed by atoms with E-state index in [4.69, 9.17) is 11.5 Å². The Morgan fingerprint density at radius 2 is 2.12 bits per heavy atom. The van der Waals surface area contributed by atoms with Gasteiger partial charge in [0.15, 0.2) is 0 Å². The van der Waals surface area contributed by atoms with Crippen molar-refractivity contribution in [2.45, 2.75) is 17.1 Å². The molecule has 0 bridgehead atoms. The number of carbonyl (C=O) groups excluding carboxylic acids is 2. The SMILES string of the molecule is CC(Sc1ccc(Br)cc1N)C(=O)NC(N)=O. The van der Waals surface area contributed by atoms with E-state index in [9.17, 15) is 9.59 Å². The molecule has 92 valence electrons. The predicted octanol–water partition coefficient (Wildman–Crippen LogP) is 1.71. The first kappa shape index (κ1) is 13.9. The first-order valence-electron chi connectivity index (χ1n) is 4.72. The summed E-state index contributed by atoms with van der Waals surface area (Å²) in [5, 5.41) is 1.57. The molecule has 0 radical (unpaired) electrons. The fourth-order valence-electron chi connectivity index (χ4n) is 1.09. The van der Waals surface area contributed by atoms with E-state index in [1.807, 2.05) is 11.4 Å². The number of urea groups is 1. The second-order valence-electron chi connectivity index (χ2n) is 3.30. The lowest BCUT2D eigenvalue weighted by Crippen LogP contribution is -2.39. The highest BCUT2D eigenvalue weighted by atomic mass is 79.9. The van der Waals surface area contributed by atoms with Crippen molar-refractivity contribution in [3.8, 4) is 0 Å². The minimum atomic E-state index is -0.855. The Morgan fingerprint density at radius 3 is 2.65 bits per heavy atom. The fourth-order valence-corrected chi connectivity index (χ4v) is 2.36. The van der Waals surface area contributed by atoms with Gasteiger partial charge in [-0.1, -0.05) is 15.9 Å². The van der Waals surface area contributed by atoms with E-state index < -0.39 is 17.2 Å². The fraction of sp³-hybridized carbons (Fsp3) is 0.200. The number of nitrogen functional groups attached to an aromatic ring is 1. The van der Waals surface area contributed by atoms with Crippen LogP contribution in [0.4, 0.5) is 10.5 Å². The molecule has 1 aromatic carbocycles. The molecule has 3 amide bonds. The molecule has 0 saturated heterocycles. The molecule has 1 aromatic rings. The topological polar surface area (TPSA) is 98.2 Å². The lowest BCUT2D eigenvalue weighted by atomic mass is 10.3. The van der Waals surface area contributed by atoms with Crippen LogP contribution in [0.5, 0.6) is 0 Å². The maximum Gasteiger partial charge on any atom is 0.318 e. The van der Waals surface area contributed by atoms with Crippen LogP contribution in [-0.4, -0.2) is 17.2 Å². The average molecular weight is 318 g/mol. The van der Waals surface area contributed by atoms with Crippen molar-refractivity contribution in [2.75, 3.05) is 5.73 Å². The largest absolute Gasteiger partial charge is 0.398 e. The zero-order chi connectivity index (χ0) is 13.0. The molecule has 0 aliphatic carbocycles. The molecule has 7 heteroatoms. The number of primary amides is 1. The van der Waals surface area contributed by atoms with Crippen LogP contribution in [0.25, 0.3) is 0 Å². The first-order valence-corrected chi connectivity index (χ1v) is 6.39. The van der Waals surface area contributed by atoms with Crippen molar-refractivity contribution >= 4 is 45.3 Å². The third-order valence-electron chi connectivity index (χ3n) is 1.89. The highest BCUT2D eigenvalue weighted by Gasteiger charge is 2.16. The normalized spacial score (nSPS) is 11.9. The molecule has 1 rings (SSSR count). The Balaban J connectivity index is 2.70. The Labute approximate surface area is 111 Å². The number of anilines is 1. The smallest absolute Gasteiger partial charge is 0.318 e. The van der Waals surface area contributed by atoms with Crippen LogP contribution >= 0.6 is 27.7 Å². The zero-order valence-corrected chi connectivity index (χ0v) is 11.5. The molecule has 0 saturated carbocycles. The summed E-state index contributed by atoms with van der Waals surface area (Å²) in [5.74, 6) is -0.440. The first-order chi connectivity index (χ1) is 7.90. The number of thioether (sulfide) groups is 1. The van der Waals surface area contributed by atoms with Crippen LogP contribution in [0.1, 0.15) is 6.92 Å². The lowest BCUT2D eigenvalue weighted by molar-refractivity contribution is -0.119. The van der Waals surface area contributed by atoms with Crippen LogP contribution in [0.3, 0.4) is 0 Å². The van der Waals surface area contributed by atoms with Crippen molar-refractivity contribution in [3.05, 3.63) is 22.7 Å². The van der Waals surface area contributed by atoms with Crippen LogP contribution < -0.4 is 16.8 Å². The van der Waals surface area contributed by atoms with Crippen molar-refractivity contribution < 1.29 is 9.59 Å². The second-order valence-corrected chi connectivity index (χ2v) is 5.59. The van der Waals surface area contributed by atoms with E-state index >= 15 is 0 Å². The number of nitrogens with two attached hydrogens (primary N) is 2. The summed E-state index contributed by atoms with van der Waals surface area (Å²) in [5.41, 5.74) is 11.2. The van der Waals surface area contributed by atoms with Gasteiger partial charge in [0.1, 0.15) is 0 Å². The Bertz CT molecular complexity index is 453. The van der Waals surface area contributed by atoms with Gasteiger partial charge in [0.05, 0.1) is 5.25 Å². The minimum absolute atomic E-state index is 0.440. The van der Waals surface area contributed by atoms with E-state index in [0.717, 1.165) is 9.37 Å². The number of hydrogen-bond acceptors (Lipinski definition) is 4. The average Bonchev–Trinajstić information content (AvgIpc) is 2.21. The summed E-state index contributed by atoms with van der Waals surface area (Å²) in [6.07, 6.45) is 0. The van der Waals surface area contributed by atoms with Gasteiger partial charge >= 0.3 is 6.03 Å². The maximum atomic E-state index is 11.5. The van der Waals surface area contributed by atoms with Gasteiger partial charge in [0.2, 0.25) is 5.91 Å². The van der Waals surface area contributed by atoms with Crippen LogP contribution in [-0.2, 0) is 4.79 Å². The molecule has 0 fully saturated rings. The van der Waals surface area contributed by atoms with Gasteiger partial charge in [0, 0.05) is 15.1 Å². The zero-order valence-electron chi connectivity index (χ0n) is 9.07. The number of amides is 3. The lowest BCUT2D eigenvalue weighted by Gasteiger charge is -2.11. The van der Waals surface area contributed by atoms with Gasteiger partial charge in [-0.2, -0.15) is 0 Å². The second kappa shape index (κ2) is 5.92. The molecule has 0 aliphatic heterocycles. The van der Waals surface area contributed by atoms with Crippen LogP contribution in [0, 0.1) is 0 Å². The van der Waals surface area contributed by atoms with Crippen LogP contribution in [0.2, 0.25) is 0 Å². The number of carbonyl (C=O) groups is 2. The minimum Gasteiger partial charge on any atom is -0.398 e. The molecule has 17 heavy (non-hydrogen) atoms. The molecule has 0 heterocycles. The van der Waals surface area contributed by atoms with Crippen molar-refractivity contribution in [1.82, 2.24) is 5.32 Å². The number of rotatable bonds is 3. The Morgan fingerprint density at radius 1 is 1.47 bits per heavy atom. The molecule has 5 N–H and O–H groups in total. The van der Waals surface area contributed by atoms with Gasteiger partial charge in [-0.05, 0) is 25.1 Å². The van der Waals surface area contributed by atoms with E-state index in [2.05, 4.69) is 15.9 Å². The van der Waals surface area contributed by atoms with Gasteiger partial charge in [-0.3, -0.25) is 10.1 Å². The van der Waals surface area contributed by atoms with Gasteiger partial charge in [-0.25, -0.2) is 4.79 Å². The van der Waals surface area contributed by atoms with E-state index in [-0.39, 0.29) is 0 Å². The van der Waals surface area contributed by atoms with E-state index in [1.54, 1.807) is 19.1 Å². The molecule has 1 atom stereocenters. The number of halogens is 1. The molecule has 0 spiro atoms. The third-order valence-corrected chi connectivity index (χ3v) is 3.58. The molecule has 0 aromatic heterocycles. The number of nitrogens with one attached hydrogen (secondary N) is 1. The van der Waals surface area contributed by atoms with Crippen molar-refractivity contribution in [2.24, 2.45) is 5.73 Å². The predicted molar refractivity (Wildman–Crippen MR) is 71.6 cm³/mol. The monoisotopic (exact) mass is 317 g/mol. The van der Waals surface area contributed by atoms with Gasteiger partial charge in [0.25, 0.3) is 0 Å².